The van der Waals surface area contributed by atoms with E-state index in [1.807, 2.05) is 66.4 Å². The molecular formula is C27H29N7O2. The molecule has 5 rings (SSSR count). The van der Waals surface area contributed by atoms with E-state index in [1.54, 1.807) is 6.20 Å². The largest absolute Gasteiger partial charge is 0.377 e. The van der Waals surface area contributed by atoms with Crippen molar-refractivity contribution in [1.82, 2.24) is 14.9 Å². The topological polar surface area (TPSA) is 107 Å². The molecule has 0 radical (unpaired) electrons. The zero-order valence-electron chi connectivity index (χ0n) is 20.2. The summed E-state index contributed by atoms with van der Waals surface area (Å²) in [5.74, 6) is 0.612. The zero-order valence-corrected chi connectivity index (χ0v) is 20.2. The molecule has 2 fully saturated rings. The molecular weight excluding hydrogens is 454 g/mol. The third-order valence-electron chi connectivity index (χ3n) is 6.54. The molecule has 1 aromatic heterocycles. The molecule has 9 heteroatoms. The minimum atomic E-state index is -0.138. The van der Waals surface area contributed by atoms with Gasteiger partial charge in [-0.1, -0.05) is 42.0 Å². The van der Waals surface area contributed by atoms with Crippen molar-refractivity contribution < 1.29 is 9.53 Å². The van der Waals surface area contributed by atoms with E-state index < -0.39 is 0 Å². The Balaban J connectivity index is 1.42. The fraction of sp³-hybridized carbons (Fsp3) is 0.296. The molecule has 2 aliphatic heterocycles. The predicted octanol–water partition coefficient (Wildman–Crippen LogP) is 3.62. The number of fused-ring (bicyclic) bond motifs is 2. The second-order valence-corrected chi connectivity index (χ2v) is 9.01. The van der Waals surface area contributed by atoms with E-state index >= 15 is 0 Å². The van der Waals surface area contributed by atoms with E-state index in [4.69, 9.17) is 15.1 Å². The van der Waals surface area contributed by atoms with Gasteiger partial charge in [-0.15, -0.1) is 0 Å². The van der Waals surface area contributed by atoms with Gasteiger partial charge in [0.2, 0.25) is 5.95 Å². The number of hydrogen-bond acceptors (Lipinski definition) is 8. The standard InChI is InChI=1S/C27H29N7O2/c1-19-7-8-25(32-30-13-11-28)23(15-19)26(35)34-21-10-14-33(16-22(34)18-36-17-21)27-29-12-9-24(31-27)20-5-3-2-4-6-20/h2-9,11-13,15,21-22,28,32H,10,14,16-18H2,1H3/b28-11?,30-13-. The highest BCUT2D eigenvalue weighted by Crippen LogP contribution is 2.29. The number of aryl methyl sites for hydroxylation is 1. The maximum atomic E-state index is 13.9. The van der Waals surface area contributed by atoms with Gasteiger partial charge in [-0.3, -0.25) is 10.2 Å². The molecule has 3 heterocycles. The van der Waals surface area contributed by atoms with Crippen LogP contribution in [0.15, 0.2) is 65.9 Å². The van der Waals surface area contributed by atoms with Crippen LogP contribution in [0.3, 0.4) is 0 Å². The first-order chi connectivity index (χ1) is 17.6. The summed E-state index contributed by atoms with van der Waals surface area (Å²) in [4.78, 5) is 27.5. The molecule has 9 nitrogen and oxygen atoms in total. The number of ether oxygens (including phenoxy) is 1. The van der Waals surface area contributed by atoms with Crippen molar-refractivity contribution in [3.8, 4) is 11.3 Å². The van der Waals surface area contributed by atoms with Crippen LogP contribution in [-0.2, 0) is 4.74 Å². The zero-order chi connectivity index (χ0) is 24.9. The second kappa shape index (κ2) is 10.7. The molecule has 36 heavy (non-hydrogen) atoms. The van der Waals surface area contributed by atoms with E-state index in [9.17, 15) is 4.79 Å². The van der Waals surface area contributed by atoms with Gasteiger partial charge in [0.25, 0.3) is 5.91 Å². The minimum absolute atomic E-state index is 0.0444. The summed E-state index contributed by atoms with van der Waals surface area (Å²) >= 11 is 0. The Morgan fingerprint density at radius 3 is 2.83 bits per heavy atom. The summed E-state index contributed by atoms with van der Waals surface area (Å²) in [6.07, 6.45) is 4.97. The van der Waals surface area contributed by atoms with Gasteiger partial charge in [-0.2, -0.15) is 5.10 Å². The summed E-state index contributed by atoms with van der Waals surface area (Å²) in [5, 5.41) is 11.2. The van der Waals surface area contributed by atoms with Gasteiger partial charge in [0.15, 0.2) is 0 Å². The third-order valence-corrected chi connectivity index (χ3v) is 6.54. The van der Waals surface area contributed by atoms with Gasteiger partial charge in [-0.05, 0) is 31.5 Å². The Bertz CT molecular complexity index is 1260. The van der Waals surface area contributed by atoms with Crippen LogP contribution in [0.4, 0.5) is 11.6 Å². The first-order valence-electron chi connectivity index (χ1n) is 12.1. The maximum absolute atomic E-state index is 13.9. The molecule has 2 N–H and O–H groups in total. The van der Waals surface area contributed by atoms with Gasteiger partial charge in [-0.25, -0.2) is 9.97 Å². The van der Waals surface area contributed by atoms with Crippen molar-refractivity contribution >= 4 is 30.0 Å². The van der Waals surface area contributed by atoms with E-state index in [2.05, 4.69) is 20.4 Å². The maximum Gasteiger partial charge on any atom is 0.256 e. The van der Waals surface area contributed by atoms with Crippen molar-refractivity contribution in [3.05, 3.63) is 71.9 Å². The average molecular weight is 484 g/mol. The Morgan fingerprint density at radius 2 is 2.00 bits per heavy atom. The first kappa shape index (κ1) is 23.6. The summed E-state index contributed by atoms with van der Waals surface area (Å²) in [7, 11) is 0. The molecule has 3 aromatic rings. The molecule has 0 aliphatic carbocycles. The van der Waals surface area contributed by atoms with E-state index in [0.717, 1.165) is 36.0 Å². The molecule has 0 spiro atoms. The lowest BCUT2D eigenvalue weighted by Gasteiger charge is -2.40. The van der Waals surface area contributed by atoms with Gasteiger partial charge in [0.1, 0.15) is 0 Å². The van der Waals surface area contributed by atoms with Crippen LogP contribution in [0.2, 0.25) is 0 Å². The van der Waals surface area contributed by atoms with Crippen molar-refractivity contribution in [2.75, 3.05) is 36.6 Å². The number of morpholine rings is 1. The number of nitrogens with zero attached hydrogens (tertiary/aromatic N) is 5. The molecule has 2 aromatic carbocycles. The Labute approximate surface area is 210 Å². The lowest BCUT2D eigenvalue weighted by atomic mass is 10.0. The van der Waals surface area contributed by atoms with Crippen molar-refractivity contribution in [1.29, 1.82) is 5.41 Å². The molecule has 0 saturated carbocycles. The van der Waals surface area contributed by atoms with Crippen LogP contribution in [0.1, 0.15) is 22.3 Å². The predicted molar refractivity (Wildman–Crippen MR) is 141 cm³/mol. The van der Waals surface area contributed by atoms with E-state index in [1.165, 1.54) is 6.21 Å². The number of carbonyl (C=O) groups excluding carboxylic acids is 1. The summed E-state index contributed by atoms with van der Waals surface area (Å²) in [6.45, 7) is 4.24. The van der Waals surface area contributed by atoms with Gasteiger partial charge < -0.3 is 19.9 Å². The Kier molecular flexibility index (Phi) is 6.99. The van der Waals surface area contributed by atoms with Crippen LogP contribution in [0.5, 0.6) is 0 Å². The quantitative estimate of drug-likeness (QED) is 0.410. The summed E-state index contributed by atoms with van der Waals surface area (Å²) in [6, 6.07) is 17.5. The van der Waals surface area contributed by atoms with Crippen LogP contribution in [-0.4, -0.2) is 71.6 Å². The number of anilines is 2. The average Bonchev–Trinajstić information content (AvgIpc) is 3.02. The van der Waals surface area contributed by atoms with Gasteiger partial charge in [0, 0.05) is 31.1 Å². The smallest absolute Gasteiger partial charge is 0.256 e. The van der Waals surface area contributed by atoms with Crippen molar-refractivity contribution in [3.63, 3.8) is 0 Å². The number of rotatable bonds is 6. The highest BCUT2D eigenvalue weighted by Gasteiger charge is 2.40. The number of hydrazone groups is 1. The number of amides is 1. The van der Waals surface area contributed by atoms with Crippen LogP contribution in [0.25, 0.3) is 11.3 Å². The number of carbonyl (C=O) groups is 1. The number of aromatic nitrogens is 2. The van der Waals surface area contributed by atoms with E-state index in [-0.39, 0.29) is 18.0 Å². The molecule has 2 aliphatic rings. The Morgan fingerprint density at radius 1 is 1.17 bits per heavy atom. The normalized spacial score (nSPS) is 19.7. The molecule has 2 unspecified atom stereocenters. The van der Waals surface area contributed by atoms with Crippen LogP contribution >= 0.6 is 0 Å². The van der Waals surface area contributed by atoms with Crippen molar-refractivity contribution in [2.45, 2.75) is 25.4 Å². The highest BCUT2D eigenvalue weighted by atomic mass is 16.5. The van der Waals surface area contributed by atoms with Crippen molar-refractivity contribution in [2.24, 2.45) is 5.10 Å². The fourth-order valence-corrected chi connectivity index (χ4v) is 4.81. The SMILES string of the molecule is Cc1ccc(N/N=C\C=N)c(C(=O)N2C3CCN(c4nccc(-c5ccccc5)n4)CC2COC3)c1. The highest BCUT2D eigenvalue weighted by molar-refractivity contribution is 6.14. The number of benzene rings is 2. The monoisotopic (exact) mass is 483 g/mol. The summed E-state index contributed by atoms with van der Waals surface area (Å²) in [5.41, 5.74) is 6.99. The van der Waals surface area contributed by atoms with Gasteiger partial charge in [0.05, 0.1) is 48.5 Å². The lowest BCUT2D eigenvalue weighted by Crippen LogP contribution is -2.56. The first-order valence-corrected chi connectivity index (χ1v) is 12.1. The number of nitrogens with one attached hydrogen (secondary N) is 2. The molecule has 1 amide bonds. The Hall–Kier alpha value is -4.11. The number of hydrogen-bond donors (Lipinski definition) is 2. The molecule has 2 bridgehead atoms. The van der Waals surface area contributed by atoms with Crippen LogP contribution in [0, 0.1) is 12.3 Å². The molecule has 2 saturated heterocycles. The fourth-order valence-electron chi connectivity index (χ4n) is 4.81. The summed E-state index contributed by atoms with van der Waals surface area (Å²) < 4.78 is 5.92. The third kappa shape index (κ3) is 4.96. The van der Waals surface area contributed by atoms with Gasteiger partial charge >= 0.3 is 0 Å². The second-order valence-electron chi connectivity index (χ2n) is 9.01. The van der Waals surface area contributed by atoms with E-state index in [0.29, 0.717) is 37.0 Å². The molecule has 184 valence electrons. The van der Waals surface area contributed by atoms with Crippen LogP contribution < -0.4 is 10.3 Å². The minimum Gasteiger partial charge on any atom is -0.377 e. The lowest BCUT2D eigenvalue weighted by molar-refractivity contribution is -0.0293. The molecule has 2 atom stereocenters.